The molecule has 3 N–H and O–H groups in total. The number of rotatable bonds is 12. The van der Waals surface area contributed by atoms with Gasteiger partial charge in [0.1, 0.15) is 47.8 Å². The van der Waals surface area contributed by atoms with Crippen molar-refractivity contribution in [3.63, 3.8) is 0 Å². The van der Waals surface area contributed by atoms with Crippen molar-refractivity contribution in [3.8, 4) is 0 Å². The summed E-state index contributed by atoms with van der Waals surface area (Å²) in [4.78, 5) is 40.3. The van der Waals surface area contributed by atoms with Crippen LogP contribution < -0.4 is 0 Å². The number of carbonyl (C=O) groups is 2. The highest BCUT2D eigenvalue weighted by atomic mass is 79.9. The topological polar surface area (TPSA) is 255 Å². The Balaban J connectivity index is 0.000000117. The minimum absolute atomic E-state index is 0.00355. The predicted octanol–water partition coefficient (Wildman–Crippen LogP) is 10.7. The third-order valence-corrected chi connectivity index (χ3v) is 26.6. The Hall–Kier alpha value is -4.03. The molecule has 12 saturated heterocycles. The SMILES string of the molecule is [C-]#[N+][C@H](C)CC1CC[C@@H]2O[C@@H]3C[C@]2(C=C[C@H]3OC(C)=O)O1.[C-]#[N+][C@H](C)CC1CC[C@@H]2O[C@@H]3C[C@]2(COC3O)O1.[C-]#[N+][C@H](C)CC1CC[C@@H]2O[C@@H]3C[C@]2(C[C@@H](O)C3O)O1.[C-]#[N+][C@H](C)CC1CC[C@@H]2O[C@@H]3C[C@]2(C[C@H](Br)[C@H]3OC(C)=O)O1.[C-]#[N+][C@H](C)CC1CC[C@@H]2O[C@@H]3C[C@]2(C[C@H]2OC4(CCCCC4)OC32)O1. The summed E-state index contributed by atoms with van der Waals surface area (Å²) >= 11 is 3.66. The lowest BCUT2D eigenvalue weighted by atomic mass is 9.76. The molecule has 105 heavy (non-hydrogen) atoms. The minimum atomic E-state index is -0.814. The van der Waals surface area contributed by atoms with E-state index in [4.69, 9.17) is 104 Å². The molecule has 8 unspecified atom stereocenters. The molecule has 0 aromatic carbocycles. The maximum atomic E-state index is 11.3. The Morgan fingerprint density at radius 3 is 1.42 bits per heavy atom. The van der Waals surface area contributed by atoms with E-state index in [0.717, 1.165) is 141 Å². The Bertz CT molecular complexity index is 3300. The summed E-state index contributed by atoms with van der Waals surface area (Å²) < 4.78 is 91.1. The first kappa shape index (κ1) is 79.1. The van der Waals surface area contributed by atoms with E-state index < -0.39 is 24.1 Å². The molecule has 4 saturated carbocycles. The maximum absolute atomic E-state index is 11.3. The monoisotopic (exact) mass is 1530 g/mol. The number of fused-ring (bicyclic) bond motifs is 7. The van der Waals surface area contributed by atoms with E-state index in [-0.39, 0.29) is 191 Å². The van der Waals surface area contributed by atoms with Gasteiger partial charge in [0, 0.05) is 138 Å². The Morgan fingerprint density at radius 2 is 0.886 bits per heavy atom. The van der Waals surface area contributed by atoms with Gasteiger partial charge in [-0.3, -0.25) is 9.59 Å². The molecule has 17 rings (SSSR count). The van der Waals surface area contributed by atoms with Gasteiger partial charge in [-0.2, -0.15) is 0 Å². The molecule has 0 radical (unpaired) electrons. The number of nitrogens with zero attached hydrogens (tertiary/aromatic N) is 5. The Kier molecular flexibility index (Phi) is 24.6. The van der Waals surface area contributed by atoms with Crippen molar-refractivity contribution in [1.82, 2.24) is 0 Å². The fraction of sp³-hybridized carbons (Fsp3) is 0.886. The highest BCUT2D eigenvalue weighted by Gasteiger charge is 2.67. The molecule has 580 valence electrons. The number of hydrogen-bond donors (Lipinski definition) is 3. The summed E-state index contributed by atoms with van der Waals surface area (Å²) in [7, 11) is 0. The number of esters is 2. The second kappa shape index (κ2) is 32.7. The number of ether oxygens (including phenoxy) is 15. The Labute approximate surface area is 628 Å². The highest BCUT2D eigenvalue weighted by Crippen LogP contribution is 2.58. The predicted molar refractivity (Wildman–Crippen MR) is 380 cm³/mol. The smallest absolute Gasteiger partial charge is 0.303 e. The standard InChI is InChI=1S/C20H29NO4.C16H22BrNO4.C16H21NO4.C14H21NO4.C13H19NO4/c1-13(21-2)10-14-6-7-17-19(23-14)11-15(22-17)18-16(12-19)24-20(25-18)8-4-3-5-9-20;1-9(18-3)6-11-4-5-14-16(22-11)7-12(17)15(20-10(2)19)13(8-16)21-14;1-10(17-3)8-12-4-5-15-16(21-12)7-6-13(19-11(2)18)14(9-16)20-15;1-8(15-2)5-9-3-4-12-14(19-9)6-10(16)13(17)11(7-14)18-12;1-8(14-2)5-9-3-4-11-13(18-9)6-10(17-11)12(15)16-7-13/h13-18H,3-12H2,1H3;9,11-15H,4-8H2,1-2H3;6-7,10,12-15H,4-5,8-9H2,1-2H3;8-13,16-17H,3-7H2,1H3;8-12,15H,3-7H2,1H3/t13-,14?,15-,16-,17+,18?,19-;9-,11?,12+,13-,14+,15-,16+;10-,12?,13-,14-,15+,16+;8-,9?,10-,11-,12+,13?,14+;8-,9?,10-,11+,12?,13-/m11111/s1. The third-order valence-electron chi connectivity index (χ3n) is 25.7. The first-order chi connectivity index (χ1) is 50.2. The highest BCUT2D eigenvalue weighted by molar-refractivity contribution is 9.09. The van der Waals surface area contributed by atoms with Crippen LogP contribution in [0.25, 0.3) is 24.2 Å². The molecule has 5 aliphatic carbocycles. The zero-order valence-electron chi connectivity index (χ0n) is 62.2. The molecule has 25 nitrogen and oxygen atoms in total. The number of halogens is 1. The van der Waals surface area contributed by atoms with Gasteiger partial charge in [-0.15, -0.1) is 0 Å². The van der Waals surface area contributed by atoms with Crippen LogP contribution in [0.4, 0.5) is 0 Å². The first-order valence-corrected chi connectivity index (χ1v) is 40.3. The number of carbonyl (C=O) groups excluding carboxylic acids is 2. The normalized spacial score (nSPS) is 46.7. The van der Waals surface area contributed by atoms with Gasteiger partial charge in [0.15, 0.2) is 12.1 Å². The van der Waals surface area contributed by atoms with Crippen molar-refractivity contribution in [2.24, 2.45) is 0 Å². The summed E-state index contributed by atoms with van der Waals surface area (Å²) in [6.07, 6.45) is 26.5. The molecule has 33 atom stereocenters. The molecule has 10 bridgehead atoms. The van der Waals surface area contributed by atoms with E-state index in [1.54, 1.807) is 0 Å². The first-order valence-electron chi connectivity index (χ1n) is 39.4. The van der Waals surface area contributed by atoms with Crippen molar-refractivity contribution < 1.29 is 96.0 Å². The van der Waals surface area contributed by atoms with Gasteiger partial charge >= 0.3 is 11.9 Å². The van der Waals surface area contributed by atoms with Crippen molar-refractivity contribution in [2.75, 3.05) is 6.61 Å². The molecular weight excluding hydrogens is 1420 g/mol. The lowest BCUT2D eigenvalue weighted by molar-refractivity contribution is -0.223. The average molecular weight is 1530 g/mol. The van der Waals surface area contributed by atoms with Crippen LogP contribution in [0.15, 0.2) is 12.2 Å². The maximum Gasteiger partial charge on any atom is 0.303 e. The zero-order valence-corrected chi connectivity index (χ0v) is 63.8. The van der Waals surface area contributed by atoms with Gasteiger partial charge < -0.3 is 111 Å². The summed E-state index contributed by atoms with van der Waals surface area (Å²) in [6, 6.07) is -0.0222. The molecule has 12 heterocycles. The van der Waals surface area contributed by atoms with Crippen molar-refractivity contribution >= 4 is 27.9 Å². The Morgan fingerprint density at radius 1 is 0.467 bits per heavy atom. The van der Waals surface area contributed by atoms with E-state index in [2.05, 4.69) is 40.2 Å². The minimum Gasteiger partial charge on any atom is -0.459 e. The fourth-order valence-corrected chi connectivity index (χ4v) is 21.8. The summed E-state index contributed by atoms with van der Waals surface area (Å²) in [5.41, 5.74) is -1.69. The van der Waals surface area contributed by atoms with Crippen LogP contribution in [0.3, 0.4) is 0 Å². The second-order valence-corrected chi connectivity index (χ2v) is 35.0. The van der Waals surface area contributed by atoms with E-state index in [0.29, 0.717) is 25.9 Å². The van der Waals surface area contributed by atoms with Crippen LogP contribution >= 0.6 is 15.9 Å². The second-order valence-electron chi connectivity index (χ2n) is 33.8. The molecular formula is C79H112BrN5O20. The van der Waals surface area contributed by atoms with Gasteiger partial charge in [0.05, 0.1) is 120 Å². The zero-order chi connectivity index (χ0) is 74.4. The lowest BCUT2D eigenvalue weighted by Gasteiger charge is -2.45. The van der Waals surface area contributed by atoms with Crippen molar-refractivity contribution in [1.29, 1.82) is 0 Å². The third kappa shape index (κ3) is 16.9. The molecule has 17 aliphatic rings. The van der Waals surface area contributed by atoms with Crippen molar-refractivity contribution in [3.05, 3.63) is 69.2 Å². The largest absolute Gasteiger partial charge is 0.459 e. The number of aliphatic hydroxyl groups excluding tert-OH is 3. The lowest BCUT2D eigenvalue weighted by Crippen LogP contribution is -2.54. The number of aliphatic hydroxyl groups is 3. The van der Waals surface area contributed by atoms with Gasteiger partial charge in [-0.25, -0.2) is 32.9 Å². The van der Waals surface area contributed by atoms with E-state index in [1.807, 2.05) is 46.8 Å². The molecule has 12 aliphatic heterocycles. The summed E-state index contributed by atoms with van der Waals surface area (Å²) in [5, 5.41) is 29.5. The van der Waals surface area contributed by atoms with E-state index in [1.165, 1.54) is 33.1 Å². The van der Waals surface area contributed by atoms with Gasteiger partial charge in [0.2, 0.25) is 30.2 Å². The molecule has 0 aromatic rings. The van der Waals surface area contributed by atoms with Crippen LogP contribution in [0, 0.1) is 32.9 Å². The van der Waals surface area contributed by atoms with Crippen LogP contribution in [0.2, 0.25) is 0 Å². The van der Waals surface area contributed by atoms with E-state index in [9.17, 15) is 24.9 Å². The van der Waals surface area contributed by atoms with Crippen molar-refractivity contribution in [2.45, 2.75) is 432 Å². The quantitative estimate of drug-likeness (QED) is 0.0710. The average Bonchev–Trinajstić information content (AvgIpc) is 1.57. The molecule has 26 heteroatoms. The van der Waals surface area contributed by atoms with Gasteiger partial charge in [-0.1, -0.05) is 28.4 Å². The van der Waals surface area contributed by atoms with Gasteiger partial charge in [-0.05, 0) is 89.5 Å². The molecule has 6 spiro atoms. The molecule has 0 amide bonds. The fourth-order valence-electron chi connectivity index (χ4n) is 20.9. The van der Waals surface area contributed by atoms with E-state index >= 15 is 0 Å². The van der Waals surface area contributed by atoms with Gasteiger partial charge in [0.25, 0.3) is 0 Å². The van der Waals surface area contributed by atoms with Crippen LogP contribution in [-0.2, 0) is 80.6 Å². The molecule has 16 fully saturated rings. The van der Waals surface area contributed by atoms with Crippen LogP contribution in [-0.4, -0.2) is 237 Å². The summed E-state index contributed by atoms with van der Waals surface area (Å²) in [6.45, 7) is 48.5. The summed E-state index contributed by atoms with van der Waals surface area (Å²) in [5.74, 6) is -0.905. The molecule has 0 aromatic heterocycles. The number of hydrogen-bond acceptors (Lipinski definition) is 20. The number of alkyl halides is 1. The van der Waals surface area contributed by atoms with Crippen LogP contribution in [0.1, 0.15) is 228 Å². The van der Waals surface area contributed by atoms with Crippen LogP contribution in [0.5, 0.6) is 0 Å².